The lowest BCUT2D eigenvalue weighted by molar-refractivity contribution is 0.162. The van der Waals surface area contributed by atoms with Gasteiger partial charge in [0.2, 0.25) is 0 Å². The Morgan fingerprint density at radius 3 is 2.80 bits per heavy atom. The Morgan fingerprint density at radius 2 is 2.15 bits per heavy atom. The van der Waals surface area contributed by atoms with Crippen LogP contribution >= 0.6 is 11.3 Å². The summed E-state index contributed by atoms with van der Waals surface area (Å²) >= 11 is 0.695. The number of piperidine rings is 1. The zero-order valence-corrected chi connectivity index (χ0v) is 14.0. The average molecular weight is 313 g/mol. The number of hydrogen-bond donors (Lipinski definition) is 2. The molecule has 2 aliphatic rings. The molecule has 0 unspecified atom stereocenters. The zero-order valence-electron chi connectivity index (χ0n) is 12.4. The summed E-state index contributed by atoms with van der Waals surface area (Å²) < 4.78 is 15.7. The van der Waals surface area contributed by atoms with E-state index in [-0.39, 0.29) is 16.2 Å². The van der Waals surface area contributed by atoms with Crippen LogP contribution in [-0.4, -0.2) is 27.4 Å². The Bertz CT molecular complexity index is 477. The first-order valence-electron chi connectivity index (χ1n) is 7.23. The topological polar surface area (TPSA) is 60.0 Å². The summed E-state index contributed by atoms with van der Waals surface area (Å²) in [5.74, 6) is 0. The van der Waals surface area contributed by atoms with Crippen LogP contribution in [0.2, 0.25) is 0 Å². The first kappa shape index (κ1) is 14.8. The average Bonchev–Trinajstić information content (AvgIpc) is 2.91. The van der Waals surface area contributed by atoms with Gasteiger partial charge >= 0.3 is 0 Å². The van der Waals surface area contributed by atoms with Gasteiger partial charge in [0.05, 0.1) is 11.2 Å². The predicted octanol–water partition coefficient (Wildman–Crippen LogP) is 2.16. The maximum Gasteiger partial charge on any atom is 0.136 e. The van der Waals surface area contributed by atoms with Crippen LogP contribution in [0, 0.1) is 5.41 Å². The molecule has 0 aromatic carbocycles. The van der Waals surface area contributed by atoms with E-state index in [1.54, 1.807) is 11.3 Å². The molecule has 1 aromatic heterocycles. The van der Waals surface area contributed by atoms with Crippen molar-refractivity contribution in [2.45, 2.75) is 50.8 Å². The molecule has 2 atom stereocenters. The van der Waals surface area contributed by atoms with Gasteiger partial charge in [-0.2, -0.15) is 0 Å². The number of aromatic nitrogens is 1. The van der Waals surface area contributed by atoms with Gasteiger partial charge in [-0.05, 0) is 53.1 Å². The summed E-state index contributed by atoms with van der Waals surface area (Å²) in [5, 5.41) is 3.44. The first-order valence-corrected chi connectivity index (χ1v) is 9.26. The van der Waals surface area contributed by atoms with Crippen molar-refractivity contribution < 1.29 is 4.55 Å². The van der Waals surface area contributed by atoms with Crippen molar-refractivity contribution in [1.82, 2.24) is 15.0 Å². The van der Waals surface area contributed by atoms with Crippen molar-refractivity contribution in [3.8, 4) is 0 Å². The second kappa shape index (κ2) is 5.25. The molecule has 0 saturated carbocycles. The Morgan fingerprint density at radius 1 is 1.45 bits per heavy atom. The van der Waals surface area contributed by atoms with Crippen molar-refractivity contribution >= 4 is 22.7 Å². The van der Waals surface area contributed by atoms with Gasteiger partial charge in [-0.3, -0.25) is 0 Å². The molecule has 3 rings (SSSR count). The van der Waals surface area contributed by atoms with Gasteiger partial charge in [0.1, 0.15) is 10.8 Å². The Hall–Kier alpha value is -0.140. The third kappa shape index (κ3) is 2.52. The fourth-order valence-corrected chi connectivity index (χ4v) is 5.10. The Kier molecular flexibility index (Phi) is 3.88. The fraction of sp³-hybridized carbons (Fsp3) is 0.786. The molecule has 112 valence electrons. The van der Waals surface area contributed by atoms with Crippen molar-refractivity contribution in [2.75, 3.05) is 13.1 Å². The van der Waals surface area contributed by atoms with E-state index in [1.165, 1.54) is 4.88 Å². The molecule has 0 radical (unpaired) electrons. The number of thiazole rings is 1. The minimum atomic E-state index is -1.05. The van der Waals surface area contributed by atoms with E-state index in [4.69, 9.17) is 0 Å². The van der Waals surface area contributed by atoms with Gasteiger partial charge < -0.3 is 9.87 Å². The van der Waals surface area contributed by atoms with E-state index < -0.39 is 11.4 Å². The minimum absolute atomic E-state index is 0.144. The smallest absolute Gasteiger partial charge is 0.136 e. The standard InChI is InChI=1S/C14H23N3OS2/c1-13(2,3)20(18)17-12-11-10(19-9-16-11)8-14(12)4-6-15-7-5-14/h9,12,15,17H,4-8H2,1-3H3/t12-,20-/m1/s1. The molecule has 0 bridgehead atoms. The number of rotatable bonds is 2. The molecule has 2 heterocycles. The lowest BCUT2D eigenvalue weighted by Gasteiger charge is -2.40. The van der Waals surface area contributed by atoms with Crippen molar-refractivity contribution in [3.63, 3.8) is 0 Å². The van der Waals surface area contributed by atoms with Crippen LogP contribution < -0.4 is 10.0 Å². The lowest BCUT2D eigenvalue weighted by Crippen LogP contribution is -2.49. The molecule has 6 heteroatoms. The molecule has 4 nitrogen and oxygen atoms in total. The lowest BCUT2D eigenvalue weighted by atomic mass is 9.74. The largest absolute Gasteiger partial charge is 0.598 e. The number of hydrogen-bond acceptors (Lipinski definition) is 5. The van der Waals surface area contributed by atoms with Crippen LogP contribution in [0.25, 0.3) is 0 Å². The molecular weight excluding hydrogens is 290 g/mol. The molecule has 1 aliphatic heterocycles. The highest BCUT2D eigenvalue weighted by molar-refractivity contribution is 7.90. The predicted molar refractivity (Wildman–Crippen MR) is 84.1 cm³/mol. The molecule has 2 N–H and O–H groups in total. The molecule has 1 spiro atoms. The summed E-state index contributed by atoms with van der Waals surface area (Å²) in [6, 6.07) is 0.144. The van der Waals surface area contributed by atoms with Crippen molar-refractivity contribution in [1.29, 1.82) is 0 Å². The molecular formula is C14H23N3OS2. The molecule has 1 saturated heterocycles. The Balaban J connectivity index is 1.87. The van der Waals surface area contributed by atoms with Gasteiger partial charge in [0.25, 0.3) is 0 Å². The van der Waals surface area contributed by atoms with Crippen molar-refractivity contribution in [2.24, 2.45) is 5.41 Å². The third-order valence-corrected chi connectivity index (χ3v) is 6.86. The van der Waals surface area contributed by atoms with E-state index in [9.17, 15) is 4.55 Å². The molecule has 1 fully saturated rings. The maximum atomic E-state index is 12.5. The quantitative estimate of drug-likeness (QED) is 0.822. The summed E-state index contributed by atoms with van der Waals surface area (Å²) in [6.07, 6.45) is 3.36. The van der Waals surface area contributed by atoms with Gasteiger partial charge in [-0.1, -0.05) is 0 Å². The van der Waals surface area contributed by atoms with Gasteiger partial charge in [-0.15, -0.1) is 16.1 Å². The van der Waals surface area contributed by atoms with E-state index in [0.29, 0.717) is 0 Å². The SMILES string of the molecule is CC(C)(C)[S@@+]([O-])N[C@@H]1c2ncsc2CC12CCNCC2. The number of nitrogens with one attached hydrogen (secondary N) is 2. The first-order chi connectivity index (χ1) is 9.42. The normalized spacial score (nSPS) is 26.7. The molecule has 1 aromatic rings. The highest BCUT2D eigenvalue weighted by Gasteiger charge is 2.51. The highest BCUT2D eigenvalue weighted by atomic mass is 32.2. The fourth-order valence-electron chi connectivity index (χ4n) is 3.21. The van der Waals surface area contributed by atoms with Gasteiger partial charge in [-0.25, -0.2) is 4.98 Å². The van der Waals surface area contributed by atoms with E-state index in [1.807, 2.05) is 26.3 Å². The maximum absolute atomic E-state index is 12.5. The second-order valence-electron chi connectivity index (χ2n) is 6.88. The Labute approximate surface area is 128 Å². The van der Waals surface area contributed by atoms with Crippen LogP contribution in [0.1, 0.15) is 50.2 Å². The minimum Gasteiger partial charge on any atom is -0.598 e. The van der Waals surface area contributed by atoms with Crippen LogP contribution in [0.15, 0.2) is 5.51 Å². The summed E-state index contributed by atoms with van der Waals surface area (Å²) in [7, 11) is 0. The summed E-state index contributed by atoms with van der Waals surface area (Å²) in [6.45, 7) is 8.15. The zero-order chi connectivity index (χ0) is 14.4. The molecule has 20 heavy (non-hydrogen) atoms. The van der Waals surface area contributed by atoms with E-state index in [0.717, 1.165) is 38.0 Å². The highest BCUT2D eigenvalue weighted by Crippen LogP contribution is 2.52. The number of nitrogens with zero attached hydrogens (tertiary/aromatic N) is 1. The van der Waals surface area contributed by atoms with Crippen LogP contribution in [0.3, 0.4) is 0 Å². The van der Waals surface area contributed by atoms with E-state index >= 15 is 0 Å². The summed E-state index contributed by atoms with van der Waals surface area (Å²) in [5.41, 5.74) is 3.28. The van der Waals surface area contributed by atoms with Gasteiger partial charge in [0, 0.05) is 21.7 Å². The van der Waals surface area contributed by atoms with Crippen molar-refractivity contribution in [3.05, 3.63) is 16.1 Å². The van der Waals surface area contributed by atoms with Crippen LogP contribution in [0.4, 0.5) is 0 Å². The monoisotopic (exact) mass is 313 g/mol. The molecule has 1 aliphatic carbocycles. The van der Waals surface area contributed by atoms with Crippen LogP contribution in [0.5, 0.6) is 0 Å². The van der Waals surface area contributed by atoms with E-state index in [2.05, 4.69) is 15.0 Å². The number of fused-ring (bicyclic) bond motifs is 1. The third-order valence-electron chi connectivity index (χ3n) is 4.45. The van der Waals surface area contributed by atoms with Gasteiger partial charge in [0.15, 0.2) is 0 Å². The van der Waals surface area contributed by atoms with Crippen LogP contribution in [-0.2, 0) is 17.8 Å². The molecule has 0 amide bonds. The second-order valence-corrected chi connectivity index (χ2v) is 9.82. The summed E-state index contributed by atoms with van der Waals surface area (Å²) in [4.78, 5) is 5.95.